The normalized spacial score (nSPS) is 18.1. The summed E-state index contributed by atoms with van der Waals surface area (Å²) < 4.78 is 23.7. The Morgan fingerprint density at radius 2 is 1.30 bits per heavy atom. The van der Waals surface area contributed by atoms with Gasteiger partial charge in [0.15, 0.2) is 0 Å². The maximum Gasteiger partial charge on any atom is 0.132 e. The van der Waals surface area contributed by atoms with Crippen LogP contribution in [0.15, 0.2) is 84.9 Å². The summed E-state index contributed by atoms with van der Waals surface area (Å²) in [6, 6.07) is 30.4. The van der Waals surface area contributed by atoms with Crippen molar-refractivity contribution in [2.24, 2.45) is 0 Å². The molecule has 5 nitrogen and oxygen atoms in total. The van der Waals surface area contributed by atoms with Crippen LogP contribution in [-0.4, -0.2) is 38.6 Å². The number of aliphatic hydroxyl groups excluding tert-OH is 1. The molecule has 1 fully saturated rings. The van der Waals surface area contributed by atoms with Crippen LogP contribution in [0, 0.1) is 0 Å². The van der Waals surface area contributed by atoms with E-state index in [4.69, 9.17) is 18.9 Å². The van der Waals surface area contributed by atoms with Gasteiger partial charge in [-0.15, -0.1) is 0 Å². The quantitative estimate of drug-likeness (QED) is 0.174. The summed E-state index contributed by atoms with van der Waals surface area (Å²) in [7, 11) is 1.68. The van der Waals surface area contributed by atoms with Crippen LogP contribution in [0.5, 0.6) is 23.0 Å². The predicted octanol–water partition coefficient (Wildman–Crippen LogP) is 8.90. The minimum absolute atomic E-state index is 0.0199. The van der Waals surface area contributed by atoms with Crippen molar-refractivity contribution in [3.05, 3.63) is 107 Å². The minimum atomic E-state index is -0.501. The highest BCUT2D eigenvalue weighted by molar-refractivity contribution is 5.97. The maximum absolute atomic E-state index is 9.29. The Morgan fingerprint density at radius 3 is 1.86 bits per heavy atom. The first kappa shape index (κ1) is 28.7. The van der Waals surface area contributed by atoms with E-state index in [0.717, 1.165) is 55.7 Å². The minimum Gasteiger partial charge on any atom is -0.491 e. The number of hydrogen-bond donors (Lipinski definition) is 1. The standard InChI is InChI=1S/C39H40O5/c1-39(30-12-8-27(9-13-30)26-6-4-3-5-7-26)37-33-16-14-31(42-21-20-40)24-28(33)10-18-35(37)44-36-19-11-29-25-32(43-23-22-41-2)15-17-34(29)38(36)39/h8-19,24-26,40H,3-7,20-23H2,1-2H3. The van der Waals surface area contributed by atoms with Crippen molar-refractivity contribution in [1.82, 2.24) is 0 Å². The van der Waals surface area contributed by atoms with Gasteiger partial charge >= 0.3 is 0 Å². The van der Waals surface area contributed by atoms with Crippen molar-refractivity contribution >= 4 is 21.5 Å². The molecule has 1 heterocycles. The average molecular weight is 589 g/mol. The summed E-state index contributed by atoms with van der Waals surface area (Å²) in [6.07, 6.45) is 6.55. The van der Waals surface area contributed by atoms with Crippen molar-refractivity contribution < 1.29 is 24.1 Å². The van der Waals surface area contributed by atoms with Crippen LogP contribution in [0.4, 0.5) is 0 Å². The summed E-state index contributed by atoms with van der Waals surface area (Å²) >= 11 is 0. The zero-order valence-electron chi connectivity index (χ0n) is 25.6. The van der Waals surface area contributed by atoms with Gasteiger partial charge in [-0.2, -0.15) is 0 Å². The van der Waals surface area contributed by atoms with Crippen molar-refractivity contribution in [2.75, 3.05) is 33.5 Å². The molecule has 0 amide bonds. The lowest BCUT2D eigenvalue weighted by Gasteiger charge is -2.40. The Balaban J connectivity index is 1.42. The van der Waals surface area contributed by atoms with Crippen LogP contribution in [-0.2, 0) is 10.2 Å². The van der Waals surface area contributed by atoms with Gasteiger partial charge in [0.05, 0.1) is 18.6 Å². The van der Waals surface area contributed by atoms with Crippen LogP contribution in [0.1, 0.15) is 67.2 Å². The number of methoxy groups -OCH3 is 1. The second kappa shape index (κ2) is 12.1. The Hall–Kier alpha value is -4.06. The Bertz CT molecular complexity index is 1790. The third-order valence-electron chi connectivity index (χ3n) is 9.61. The molecule has 1 saturated carbocycles. The molecule has 0 radical (unpaired) electrons. The van der Waals surface area contributed by atoms with Gasteiger partial charge in [-0.3, -0.25) is 0 Å². The molecule has 5 aromatic carbocycles. The number of rotatable bonds is 9. The third-order valence-corrected chi connectivity index (χ3v) is 9.61. The Kier molecular flexibility index (Phi) is 7.92. The number of ether oxygens (including phenoxy) is 4. The molecule has 1 atom stereocenters. The molecular weight excluding hydrogens is 548 g/mol. The summed E-state index contributed by atoms with van der Waals surface area (Å²) in [6.45, 7) is 3.64. The summed E-state index contributed by atoms with van der Waals surface area (Å²) in [5.74, 6) is 3.96. The number of aliphatic hydroxyl groups is 1. The topological polar surface area (TPSA) is 57.2 Å². The van der Waals surface area contributed by atoms with E-state index < -0.39 is 5.41 Å². The van der Waals surface area contributed by atoms with E-state index in [1.807, 2.05) is 12.1 Å². The van der Waals surface area contributed by atoms with E-state index in [2.05, 4.69) is 79.7 Å². The van der Waals surface area contributed by atoms with Gasteiger partial charge in [-0.25, -0.2) is 0 Å². The van der Waals surface area contributed by atoms with Gasteiger partial charge in [0, 0.05) is 18.2 Å². The van der Waals surface area contributed by atoms with Crippen molar-refractivity contribution in [3.8, 4) is 23.0 Å². The van der Waals surface area contributed by atoms with Gasteiger partial charge in [0.2, 0.25) is 0 Å². The molecule has 1 unspecified atom stereocenters. The fourth-order valence-electron chi connectivity index (χ4n) is 7.42. The highest BCUT2D eigenvalue weighted by Crippen LogP contribution is 2.56. The van der Waals surface area contributed by atoms with Crippen LogP contribution in [0.2, 0.25) is 0 Å². The number of fused-ring (bicyclic) bond motifs is 6. The SMILES string of the molecule is COCCOc1ccc2c3c(ccc2c1)Oc1ccc2cc(OCCO)ccc2c1C3(C)c1ccc(C2CCCCC2)cc1. The Labute approximate surface area is 259 Å². The van der Waals surface area contributed by atoms with Crippen molar-refractivity contribution in [2.45, 2.75) is 50.4 Å². The number of benzene rings is 5. The lowest BCUT2D eigenvalue weighted by atomic mass is 9.66. The highest BCUT2D eigenvalue weighted by Gasteiger charge is 2.42. The lowest BCUT2D eigenvalue weighted by molar-refractivity contribution is 0.146. The van der Waals surface area contributed by atoms with Crippen LogP contribution >= 0.6 is 0 Å². The van der Waals surface area contributed by atoms with E-state index in [1.165, 1.54) is 43.2 Å². The predicted molar refractivity (Wildman–Crippen MR) is 176 cm³/mol. The molecule has 1 aliphatic heterocycles. The van der Waals surface area contributed by atoms with Gasteiger partial charge < -0.3 is 24.1 Å². The molecule has 5 aromatic rings. The first-order chi connectivity index (χ1) is 21.6. The second-order valence-corrected chi connectivity index (χ2v) is 12.2. The molecule has 1 aliphatic carbocycles. The van der Waals surface area contributed by atoms with E-state index in [0.29, 0.717) is 19.1 Å². The molecule has 44 heavy (non-hydrogen) atoms. The molecule has 1 N–H and O–H groups in total. The summed E-state index contributed by atoms with van der Waals surface area (Å²) in [5, 5.41) is 13.7. The zero-order chi connectivity index (χ0) is 30.1. The zero-order valence-corrected chi connectivity index (χ0v) is 25.6. The van der Waals surface area contributed by atoms with Gasteiger partial charge in [-0.1, -0.05) is 67.8 Å². The monoisotopic (exact) mass is 588 g/mol. The van der Waals surface area contributed by atoms with Gasteiger partial charge in [0.25, 0.3) is 0 Å². The smallest absolute Gasteiger partial charge is 0.132 e. The summed E-state index contributed by atoms with van der Waals surface area (Å²) in [4.78, 5) is 0. The average Bonchev–Trinajstić information content (AvgIpc) is 3.07. The van der Waals surface area contributed by atoms with Gasteiger partial charge in [0.1, 0.15) is 36.2 Å². The first-order valence-electron chi connectivity index (χ1n) is 15.9. The molecule has 0 saturated heterocycles. The fourth-order valence-corrected chi connectivity index (χ4v) is 7.42. The van der Waals surface area contributed by atoms with Crippen LogP contribution in [0.25, 0.3) is 21.5 Å². The molecule has 0 bridgehead atoms. The molecule has 0 aromatic heterocycles. The van der Waals surface area contributed by atoms with Crippen LogP contribution < -0.4 is 14.2 Å². The Morgan fingerprint density at radius 1 is 0.705 bits per heavy atom. The molecule has 0 spiro atoms. The lowest BCUT2D eigenvalue weighted by Crippen LogP contribution is -2.30. The second-order valence-electron chi connectivity index (χ2n) is 12.2. The van der Waals surface area contributed by atoms with E-state index in [1.54, 1.807) is 7.11 Å². The van der Waals surface area contributed by atoms with E-state index in [-0.39, 0.29) is 13.2 Å². The summed E-state index contributed by atoms with van der Waals surface area (Å²) in [5.41, 5.74) is 4.49. The largest absolute Gasteiger partial charge is 0.491 e. The molecule has 226 valence electrons. The van der Waals surface area contributed by atoms with Crippen molar-refractivity contribution in [1.29, 1.82) is 0 Å². The highest BCUT2D eigenvalue weighted by atomic mass is 16.5. The number of hydrogen-bond acceptors (Lipinski definition) is 5. The van der Waals surface area contributed by atoms with Crippen LogP contribution in [0.3, 0.4) is 0 Å². The third kappa shape index (κ3) is 5.08. The molecule has 7 rings (SSSR count). The molecule has 2 aliphatic rings. The van der Waals surface area contributed by atoms with Crippen molar-refractivity contribution in [3.63, 3.8) is 0 Å². The first-order valence-corrected chi connectivity index (χ1v) is 15.9. The van der Waals surface area contributed by atoms with Gasteiger partial charge in [-0.05, 0) is 94.8 Å². The maximum atomic E-state index is 9.29. The fraction of sp³-hybridized carbons (Fsp3) is 0.333. The van der Waals surface area contributed by atoms with E-state index >= 15 is 0 Å². The molecular formula is C39H40O5. The van der Waals surface area contributed by atoms with E-state index in [9.17, 15) is 5.11 Å². The molecule has 5 heteroatoms.